The van der Waals surface area contributed by atoms with Crippen LogP contribution in [0.1, 0.15) is 22.8 Å². The van der Waals surface area contributed by atoms with Gasteiger partial charge in [-0.25, -0.2) is 18.6 Å². The largest absolute Gasteiger partial charge is 0.382 e. The fourth-order valence-corrected chi connectivity index (χ4v) is 3.59. The summed E-state index contributed by atoms with van der Waals surface area (Å²) >= 11 is 0. The van der Waals surface area contributed by atoms with Gasteiger partial charge in [0, 0.05) is 5.56 Å². The Labute approximate surface area is 156 Å². The Balaban J connectivity index is 2.37. The van der Waals surface area contributed by atoms with Gasteiger partial charge in [-0.3, -0.25) is 14.8 Å². The molecule has 0 spiro atoms. The van der Waals surface area contributed by atoms with E-state index in [1.807, 2.05) is 10.8 Å². The van der Waals surface area contributed by atoms with E-state index >= 15 is 0 Å². The van der Waals surface area contributed by atoms with Crippen molar-refractivity contribution in [3.05, 3.63) is 59.7 Å². The summed E-state index contributed by atoms with van der Waals surface area (Å²) in [4.78, 5) is 23.9. The van der Waals surface area contributed by atoms with Crippen LogP contribution in [-0.4, -0.2) is 41.9 Å². The van der Waals surface area contributed by atoms with Gasteiger partial charge in [0.05, 0.1) is 0 Å². The Morgan fingerprint density at radius 3 is 2.26 bits per heavy atom. The van der Waals surface area contributed by atoms with E-state index in [-0.39, 0.29) is 5.56 Å². The third-order valence-corrected chi connectivity index (χ3v) is 5.83. The van der Waals surface area contributed by atoms with Crippen molar-refractivity contribution in [2.24, 2.45) is 0 Å². The molecule has 0 saturated carbocycles. The first-order valence-electron chi connectivity index (χ1n) is 8.02. The highest BCUT2D eigenvalue weighted by atomic mass is 32.2. The van der Waals surface area contributed by atoms with E-state index in [0.717, 1.165) is 18.1 Å². The number of hydrogen-bond donors (Lipinski definition) is 4. The molecule has 0 radical (unpaired) electrons. The lowest BCUT2D eigenvalue weighted by atomic mass is 9.95. The normalized spacial score (nSPS) is 13.5. The molecule has 0 heterocycles. The lowest BCUT2D eigenvalue weighted by Crippen LogP contribution is -2.48. The number of aliphatic hydroxyl groups is 1. The summed E-state index contributed by atoms with van der Waals surface area (Å²) in [7, 11) is -4.40. The van der Waals surface area contributed by atoms with Crippen LogP contribution in [0.5, 0.6) is 0 Å². The fourth-order valence-electron chi connectivity index (χ4n) is 2.57. The van der Waals surface area contributed by atoms with E-state index in [4.69, 9.17) is 5.21 Å². The first kappa shape index (κ1) is 20.6. The predicted molar refractivity (Wildman–Crippen MR) is 98.4 cm³/mol. The van der Waals surface area contributed by atoms with Crippen LogP contribution in [0.2, 0.25) is 0 Å². The number of hydrogen-bond acceptors (Lipinski definition) is 6. The third-order valence-electron chi connectivity index (χ3n) is 4.13. The minimum absolute atomic E-state index is 0.137. The summed E-state index contributed by atoms with van der Waals surface area (Å²) < 4.78 is 26.6. The summed E-state index contributed by atoms with van der Waals surface area (Å²) in [5, 5.41) is 16.5. The van der Waals surface area contributed by atoms with Crippen molar-refractivity contribution in [1.29, 1.82) is 0 Å². The van der Waals surface area contributed by atoms with Crippen molar-refractivity contribution in [3.63, 3.8) is 0 Å². The molecule has 9 heteroatoms. The van der Waals surface area contributed by atoms with Gasteiger partial charge >= 0.3 is 0 Å². The van der Waals surface area contributed by atoms with Crippen LogP contribution in [0.3, 0.4) is 0 Å². The minimum Gasteiger partial charge on any atom is -0.382 e. The van der Waals surface area contributed by atoms with Crippen molar-refractivity contribution in [2.75, 3.05) is 0 Å². The zero-order valence-electron chi connectivity index (χ0n) is 14.7. The Morgan fingerprint density at radius 2 is 1.67 bits per heavy atom. The molecule has 0 saturated heterocycles. The molecular weight excluding hydrogens is 372 g/mol. The van der Waals surface area contributed by atoms with Gasteiger partial charge in [0.2, 0.25) is 10.0 Å². The summed E-state index contributed by atoms with van der Waals surface area (Å²) in [5.74, 6) is -2.18. The SMILES string of the molecule is Cc1cccc(C(=O)NS(=O)(=O)C(C)C(O)C(=O)NO)c1-c1ccccc1. The van der Waals surface area contributed by atoms with Crippen molar-refractivity contribution in [1.82, 2.24) is 10.2 Å². The second kappa shape index (κ2) is 8.30. The van der Waals surface area contributed by atoms with E-state index in [0.29, 0.717) is 5.56 Å². The molecule has 0 aliphatic rings. The number of aryl methyl sites for hydroxylation is 1. The highest BCUT2D eigenvalue weighted by molar-refractivity contribution is 7.90. The van der Waals surface area contributed by atoms with Crippen LogP contribution in [0.25, 0.3) is 11.1 Å². The second-order valence-corrected chi connectivity index (χ2v) is 8.00. The number of hydroxylamine groups is 1. The summed E-state index contributed by atoms with van der Waals surface area (Å²) in [6, 6.07) is 13.9. The molecule has 4 N–H and O–H groups in total. The minimum atomic E-state index is -4.40. The number of carbonyl (C=O) groups excluding carboxylic acids is 2. The molecule has 0 aliphatic heterocycles. The number of amides is 2. The number of sulfonamides is 1. The van der Waals surface area contributed by atoms with Gasteiger partial charge in [0.1, 0.15) is 5.25 Å². The Kier molecular flexibility index (Phi) is 6.32. The van der Waals surface area contributed by atoms with Gasteiger partial charge in [0.15, 0.2) is 6.10 Å². The maximum Gasteiger partial charge on any atom is 0.273 e. The monoisotopic (exact) mass is 392 g/mol. The molecule has 8 nitrogen and oxygen atoms in total. The standard InChI is InChI=1S/C18H20N2O6S/c1-11-7-6-10-14(15(11)13-8-4-3-5-9-13)17(22)20-27(25,26)12(2)16(21)18(23)19-24/h3-10,12,16,21,24H,1-2H3,(H,19,23)(H,20,22). The van der Waals surface area contributed by atoms with E-state index in [9.17, 15) is 23.1 Å². The topological polar surface area (TPSA) is 133 Å². The van der Waals surface area contributed by atoms with E-state index < -0.39 is 33.2 Å². The van der Waals surface area contributed by atoms with Crippen molar-refractivity contribution < 1.29 is 28.3 Å². The molecule has 0 fully saturated rings. The third kappa shape index (κ3) is 4.51. The molecule has 2 aromatic rings. The molecule has 144 valence electrons. The molecule has 0 bridgehead atoms. The first-order chi connectivity index (χ1) is 12.7. The van der Waals surface area contributed by atoms with Crippen LogP contribution in [0, 0.1) is 6.92 Å². The number of aliphatic hydroxyl groups excluding tert-OH is 1. The van der Waals surface area contributed by atoms with E-state index in [1.165, 1.54) is 11.5 Å². The molecule has 0 aliphatic carbocycles. The van der Waals surface area contributed by atoms with E-state index in [2.05, 4.69) is 0 Å². The summed E-state index contributed by atoms with van der Waals surface area (Å²) in [5.41, 5.74) is 3.41. The lowest BCUT2D eigenvalue weighted by Gasteiger charge is -2.19. The Morgan fingerprint density at radius 1 is 1.04 bits per heavy atom. The molecule has 2 unspecified atom stereocenters. The average Bonchev–Trinajstić information content (AvgIpc) is 2.66. The number of benzene rings is 2. The second-order valence-electron chi connectivity index (χ2n) is 5.97. The Hall–Kier alpha value is -2.75. The number of carbonyl (C=O) groups is 2. The van der Waals surface area contributed by atoms with E-state index in [1.54, 1.807) is 43.3 Å². The highest BCUT2D eigenvalue weighted by Crippen LogP contribution is 2.27. The van der Waals surface area contributed by atoms with Gasteiger partial charge < -0.3 is 5.11 Å². The molecule has 2 aromatic carbocycles. The van der Waals surface area contributed by atoms with Crippen LogP contribution < -0.4 is 10.2 Å². The van der Waals surface area contributed by atoms with Crippen LogP contribution in [0.15, 0.2) is 48.5 Å². The quantitative estimate of drug-likeness (QED) is 0.428. The molecule has 2 atom stereocenters. The van der Waals surface area contributed by atoms with Gasteiger partial charge in [-0.15, -0.1) is 0 Å². The lowest BCUT2D eigenvalue weighted by molar-refractivity contribution is -0.137. The van der Waals surface area contributed by atoms with Crippen LogP contribution in [-0.2, 0) is 14.8 Å². The van der Waals surface area contributed by atoms with Gasteiger partial charge in [-0.1, -0.05) is 42.5 Å². The first-order valence-corrected chi connectivity index (χ1v) is 9.56. The highest BCUT2D eigenvalue weighted by Gasteiger charge is 2.34. The van der Waals surface area contributed by atoms with Gasteiger partial charge in [-0.05, 0) is 36.6 Å². The number of nitrogens with one attached hydrogen (secondary N) is 2. The van der Waals surface area contributed by atoms with Crippen LogP contribution >= 0.6 is 0 Å². The summed E-state index contributed by atoms with van der Waals surface area (Å²) in [6.45, 7) is 2.84. The molecule has 2 amide bonds. The Bertz CT molecular complexity index is 944. The molecule has 0 aromatic heterocycles. The van der Waals surface area contributed by atoms with Gasteiger partial charge in [0.25, 0.3) is 11.8 Å². The molecule has 27 heavy (non-hydrogen) atoms. The zero-order valence-corrected chi connectivity index (χ0v) is 15.5. The van der Waals surface area contributed by atoms with Crippen molar-refractivity contribution in [2.45, 2.75) is 25.2 Å². The maximum atomic E-state index is 12.7. The molecule has 2 rings (SSSR count). The van der Waals surface area contributed by atoms with Crippen molar-refractivity contribution >= 4 is 21.8 Å². The average molecular weight is 392 g/mol. The van der Waals surface area contributed by atoms with Crippen molar-refractivity contribution in [3.8, 4) is 11.1 Å². The van der Waals surface area contributed by atoms with Crippen LogP contribution in [0.4, 0.5) is 0 Å². The predicted octanol–water partition coefficient (Wildman–Crippen LogP) is 0.976. The molecular formula is C18H20N2O6S. The maximum absolute atomic E-state index is 12.7. The zero-order chi connectivity index (χ0) is 20.2. The smallest absolute Gasteiger partial charge is 0.273 e. The van der Waals surface area contributed by atoms with Gasteiger partial charge in [-0.2, -0.15) is 0 Å². The fraction of sp³-hybridized carbons (Fsp3) is 0.222. The summed E-state index contributed by atoms with van der Waals surface area (Å²) in [6.07, 6.45) is -2.05. The number of rotatable bonds is 6.